The third kappa shape index (κ3) is 5.62. The first kappa shape index (κ1) is 21.1. The Balaban J connectivity index is 2.16. The van der Waals surface area contributed by atoms with Crippen LogP contribution in [0.3, 0.4) is 0 Å². The Kier molecular flexibility index (Phi) is 7.11. The maximum Gasteiger partial charge on any atom is 0.322 e. The molecule has 0 atom stereocenters. The van der Waals surface area contributed by atoms with Crippen molar-refractivity contribution in [3.8, 4) is 0 Å². The lowest BCUT2D eigenvalue weighted by molar-refractivity contribution is 0.0827. The van der Waals surface area contributed by atoms with Gasteiger partial charge in [-0.05, 0) is 49.7 Å². The second-order valence-corrected chi connectivity index (χ2v) is 7.50. The molecule has 0 heterocycles. The summed E-state index contributed by atoms with van der Waals surface area (Å²) < 4.78 is 0. The molecule has 2 rings (SSSR count). The van der Waals surface area contributed by atoms with E-state index >= 15 is 0 Å². The van der Waals surface area contributed by atoms with E-state index in [9.17, 15) is 9.59 Å². The first-order valence-corrected chi connectivity index (χ1v) is 9.28. The van der Waals surface area contributed by atoms with Gasteiger partial charge in [-0.2, -0.15) is 0 Å². The summed E-state index contributed by atoms with van der Waals surface area (Å²) in [5, 5.41) is 3.79. The lowest BCUT2D eigenvalue weighted by Crippen LogP contribution is -2.39. The molecule has 0 aliphatic rings. The number of nitrogens with one attached hydrogen (secondary N) is 1. The van der Waals surface area contributed by atoms with Gasteiger partial charge in [0.05, 0.1) is 10.0 Å². The summed E-state index contributed by atoms with van der Waals surface area (Å²) in [6.45, 7) is 4.25. The summed E-state index contributed by atoms with van der Waals surface area (Å²) in [5.74, 6) is -0.123. The van der Waals surface area contributed by atoms with E-state index in [-0.39, 0.29) is 18.0 Å². The van der Waals surface area contributed by atoms with Gasteiger partial charge in [-0.3, -0.25) is 4.79 Å². The molecule has 0 unspecified atom stereocenters. The molecule has 0 aliphatic heterocycles. The van der Waals surface area contributed by atoms with E-state index in [1.807, 2.05) is 19.9 Å². The minimum absolute atomic E-state index is 0.0361. The molecule has 144 valence electrons. The van der Waals surface area contributed by atoms with E-state index in [0.29, 0.717) is 27.8 Å². The molecule has 3 amide bonds. The van der Waals surface area contributed by atoms with Crippen molar-refractivity contribution in [1.82, 2.24) is 9.80 Å². The van der Waals surface area contributed by atoms with Gasteiger partial charge in [0.25, 0.3) is 5.91 Å². The zero-order chi connectivity index (χ0) is 20.1. The van der Waals surface area contributed by atoms with Crippen LogP contribution in [0, 0.1) is 0 Å². The van der Waals surface area contributed by atoms with Gasteiger partial charge in [0.2, 0.25) is 0 Å². The predicted octanol–water partition coefficient (Wildman–Crippen LogP) is 5.14. The van der Waals surface area contributed by atoms with Crippen molar-refractivity contribution in [2.24, 2.45) is 0 Å². The van der Waals surface area contributed by atoms with Crippen molar-refractivity contribution < 1.29 is 9.59 Å². The average molecular weight is 408 g/mol. The maximum atomic E-state index is 12.8. The Morgan fingerprint density at radius 3 is 2.33 bits per heavy atom. The standard InChI is InChI=1S/C20H23Cl2N3O2/c1-13(2)25(12-14-8-9-17(21)18(22)10-14)20(27)23-16-7-5-6-15(11-16)19(26)24(3)4/h5-11,13H,12H2,1-4H3,(H,23,27). The largest absolute Gasteiger partial charge is 0.345 e. The number of anilines is 1. The first-order valence-electron chi connectivity index (χ1n) is 8.52. The quantitative estimate of drug-likeness (QED) is 0.745. The van der Waals surface area contributed by atoms with Crippen LogP contribution in [0.15, 0.2) is 42.5 Å². The molecule has 7 heteroatoms. The zero-order valence-corrected chi connectivity index (χ0v) is 17.3. The van der Waals surface area contributed by atoms with Gasteiger partial charge in [0, 0.05) is 37.9 Å². The molecule has 0 spiro atoms. The number of amides is 3. The van der Waals surface area contributed by atoms with Crippen molar-refractivity contribution in [3.05, 3.63) is 63.6 Å². The van der Waals surface area contributed by atoms with Gasteiger partial charge in [-0.25, -0.2) is 4.79 Å². The topological polar surface area (TPSA) is 52.7 Å². The number of carbonyl (C=O) groups excluding carboxylic acids is 2. The SMILES string of the molecule is CC(C)N(Cc1ccc(Cl)c(Cl)c1)C(=O)Nc1cccc(C(=O)N(C)C)c1. The van der Waals surface area contributed by atoms with E-state index in [1.54, 1.807) is 55.4 Å². The smallest absolute Gasteiger partial charge is 0.322 e. The van der Waals surface area contributed by atoms with E-state index in [2.05, 4.69) is 5.32 Å². The summed E-state index contributed by atoms with van der Waals surface area (Å²) in [6.07, 6.45) is 0. The molecule has 2 aromatic carbocycles. The third-order valence-electron chi connectivity index (χ3n) is 3.99. The molecule has 0 radical (unpaired) electrons. The summed E-state index contributed by atoms with van der Waals surface area (Å²) in [6, 6.07) is 11.9. The van der Waals surface area contributed by atoms with Gasteiger partial charge < -0.3 is 15.1 Å². The van der Waals surface area contributed by atoms with Crippen molar-refractivity contribution in [2.75, 3.05) is 19.4 Å². The number of hydrogen-bond acceptors (Lipinski definition) is 2. The van der Waals surface area contributed by atoms with Gasteiger partial charge in [-0.1, -0.05) is 35.3 Å². The number of hydrogen-bond donors (Lipinski definition) is 1. The molecule has 0 fully saturated rings. The molecule has 0 saturated heterocycles. The molecule has 5 nitrogen and oxygen atoms in total. The van der Waals surface area contributed by atoms with E-state index in [1.165, 1.54) is 4.90 Å². The average Bonchev–Trinajstić information content (AvgIpc) is 2.61. The molecule has 0 bridgehead atoms. The van der Waals surface area contributed by atoms with Crippen LogP contribution in [0.5, 0.6) is 0 Å². The summed E-state index contributed by atoms with van der Waals surface area (Å²) in [5.41, 5.74) is 1.95. The van der Waals surface area contributed by atoms with Crippen LogP contribution >= 0.6 is 23.2 Å². The van der Waals surface area contributed by atoms with Crippen LogP contribution in [0.1, 0.15) is 29.8 Å². The number of rotatable bonds is 5. The van der Waals surface area contributed by atoms with Gasteiger partial charge in [-0.15, -0.1) is 0 Å². The summed E-state index contributed by atoms with van der Waals surface area (Å²) >= 11 is 12.0. The molecule has 2 aromatic rings. The highest BCUT2D eigenvalue weighted by molar-refractivity contribution is 6.42. The molecule has 27 heavy (non-hydrogen) atoms. The number of urea groups is 1. The molecule has 0 saturated carbocycles. The van der Waals surface area contributed by atoms with Crippen molar-refractivity contribution in [2.45, 2.75) is 26.4 Å². The second kappa shape index (κ2) is 9.11. The van der Waals surface area contributed by atoms with Crippen molar-refractivity contribution in [1.29, 1.82) is 0 Å². The van der Waals surface area contributed by atoms with E-state index in [4.69, 9.17) is 23.2 Å². The minimum Gasteiger partial charge on any atom is -0.345 e. The van der Waals surface area contributed by atoms with Crippen molar-refractivity contribution >= 4 is 40.8 Å². The highest BCUT2D eigenvalue weighted by Crippen LogP contribution is 2.24. The van der Waals surface area contributed by atoms with Gasteiger partial charge >= 0.3 is 6.03 Å². The van der Waals surface area contributed by atoms with Crippen LogP contribution in [-0.4, -0.2) is 41.9 Å². The predicted molar refractivity (Wildman–Crippen MR) is 111 cm³/mol. The highest BCUT2D eigenvalue weighted by Gasteiger charge is 2.18. The summed E-state index contributed by atoms with van der Waals surface area (Å²) in [7, 11) is 3.37. The Morgan fingerprint density at radius 2 is 1.74 bits per heavy atom. The second-order valence-electron chi connectivity index (χ2n) is 6.68. The molecular formula is C20H23Cl2N3O2. The fourth-order valence-corrected chi connectivity index (χ4v) is 2.83. The maximum absolute atomic E-state index is 12.8. The Morgan fingerprint density at radius 1 is 1.04 bits per heavy atom. The third-order valence-corrected chi connectivity index (χ3v) is 4.73. The molecular weight excluding hydrogens is 385 g/mol. The summed E-state index contributed by atoms with van der Waals surface area (Å²) in [4.78, 5) is 28.1. The Hall–Kier alpha value is -2.24. The number of halogens is 2. The Bertz CT molecular complexity index is 838. The monoisotopic (exact) mass is 407 g/mol. The van der Waals surface area contributed by atoms with Crippen LogP contribution in [0.25, 0.3) is 0 Å². The fourth-order valence-electron chi connectivity index (χ4n) is 2.51. The minimum atomic E-state index is -0.259. The number of benzene rings is 2. The van der Waals surface area contributed by atoms with Crippen molar-refractivity contribution in [3.63, 3.8) is 0 Å². The fraction of sp³-hybridized carbons (Fsp3) is 0.300. The van der Waals surface area contributed by atoms with Crippen LogP contribution < -0.4 is 5.32 Å². The lowest BCUT2D eigenvalue weighted by Gasteiger charge is -2.27. The van der Waals surface area contributed by atoms with Crippen LogP contribution in [-0.2, 0) is 6.54 Å². The number of carbonyl (C=O) groups is 2. The zero-order valence-electron chi connectivity index (χ0n) is 15.8. The van der Waals surface area contributed by atoms with Crippen LogP contribution in [0.4, 0.5) is 10.5 Å². The molecule has 0 aliphatic carbocycles. The Labute approximate surface area is 169 Å². The van der Waals surface area contributed by atoms with Gasteiger partial charge in [0.1, 0.15) is 0 Å². The number of nitrogens with zero attached hydrogens (tertiary/aromatic N) is 2. The molecule has 1 N–H and O–H groups in total. The lowest BCUT2D eigenvalue weighted by atomic mass is 10.1. The van der Waals surface area contributed by atoms with E-state index < -0.39 is 0 Å². The highest BCUT2D eigenvalue weighted by atomic mass is 35.5. The van der Waals surface area contributed by atoms with Crippen LogP contribution in [0.2, 0.25) is 10.0 Å². The normalized spacial score (nSPS) is 10.6. The van der Waals surface area contributed by atoms with E-state index in [0.717, 1.165) is 5.56 Å². The molecule has 0 aromatic heterocycles. The van der Waals surface area contributed by atoms with Gasteiger partial charge in [0.15, 0.2) is 0 Å². The first-order chi connectivity index (χ1) is 12.7.